The van der Waals surface area contributed by atoms with Crippen LogP contribution < -0.4 is 14.2 Å². The molecule has 2 aromatic rings. The van der Waals surface area contributed by atoms with E-state index >= 15 is 0 Å². The summed E-state index contributed by atoms with van der Waals surface area (Å²) in [6.07, 6.45) is 13.7. The second-order valence-corrected chi connectivity index (χ2v) is 12.6. The van der Waals surface area contributed by atoms with E-state index in [-0.39, 0.29) is 30.0 Å². The molecular formula is C35H46F2O4. The van der Waals surface area contributed by atoms with Crippen LogP contribution in [0.5, 0.6) is 17.2 Å². The number of hydrogen-bond donors (Lipinski definition) is 0. The van der Waals surface area contributed by atoms with Gasteiger partial charge in [-0.3, -0.25) is 4.79 Å². The van der Waals surface area contributed by atoms with Gasteiger partial charge in [0.1, 0.15) is 5.75 Å². The van der Waals surface area contributed by atoms with E-state index in [1.165, 1.54) is 56.2 Å². The molecule has 0 N–H and O–H groups in total. The van der Waals surface area contributed by atoms with E-state index in [1.807, 2.05) is 12.1 Å². The first-order valence-corrected chi connectivity index (χ1v) is 16.0. The standard InChI is InChI=1S/C35H46F2O4/c1-3-5-23-6-11-28-21-29(13-12-27(28)20-23)35(38)41-30-16-14-26(15-17-30)25-9-7-24(8-10-25)22-40-32-19-18-31(39-4-2)33(36)34(32)37/h14-19,23-25,27-29H,3-13,20-22H2,1-2H3. The Morgan fingerprint density at radius 2 is 1.39 bits per heavy atom. The predicted octanol–water partition coefficient (Wildman–Crippen LogP) is 9.25. The van der Waals surface area contributed by atoms with Gasteiger partial charge in [0.25, 0.3) is 0 Å². The Morgan fingerprint density at radius 1 is 0.756 bits per heavy atom. The number of carbonyl (C=O) groups excluding carboxylic acids is 1. The van der Waals surface area contributed by atoms with Crippen molar-refractivity contribution in [3.05, 3.63) is 53.6 Å². The topological polar surface area (TPSA) is 44.8 Å². The number of halogens is 2. The molecule has 3 saturated carbocycles. The van der Waals surface area contributed by atoms with E-state index in [1.54, 1.807) is 6.92 Å². The summed E-state index contributed by atoms with van der Waals surface area (Å²) in [4.78, 5) is 13.0. The minimum atomic E-state index is -1.00. The van der Waals surface area contributed by atoms with Gasteiger partial charge < -0.3 is 14.2 Å². The molecule has 5 rings (SSSR count). The fourth-order valence-electron chi connectivity index (χ4n) is 7.64. The van der Waals surface area contributed by atoms with Gasteiger partial charge in [-0.05, 0) is 124 Å². The lowest BCUT2D eigenvalue weighted by molar-refractivity contribution is -0.141. The van der Waals surface area contributed by atoms with Crippen molar-refractivity contribution in [1.82, 2.24) is 0 Å². The number of ether oxygens (including phenoxy) is 3. The zero-order valence-electron chi connectivity index (χ0n) is 24.7. The molecule has 3 aliphatic rings. The van der Waals surface area contributed by atoms with Crippen LogP contribution in [-0.4, -0.2) is 19.2 Å². The highest BCUT2D eigenvalue weighted by molar-refractivity contribution is 5.75. The van der Waals surface area contributed by atoms with Crippen molar-refractivity contribution >= 4 is 5.97 Å². The molecule has 41 heavy (non-hydrogen) atoms. The van der Waals surface area contributed by atoms with Crippen LogP contribution in [0.2, 0.25) is 0 Å². The Hall–Kier alpha value is -2.63. The highest BCUT2D eigenvalue weighted by Gasteiger charge is 2.38. The molecule has 0 bridgehead atoms. The summed E-state index contributed by atoms with van der Waals surface area (Å²) in [5.74, 6) is 1.60. The lowest BCUT2D eigenvalue weighted by atomic mass is 9.64. The molecule has 0 aliphatic heterocycles. The molecule has 4 unspecified atom stereocenters. The van der Waals surface area contributed by atoms with Gasteiger partial charge in [0.2, 0.25) is 11.6 Å². The minimum absolute atomic E-state index is 0.0312. The molecule has 224 valence electrons. The average molecular weight is 569 g/mol. The summed E-state index contributed by atoms with van der Waals surface area (Å²) in [6, 6.07) is 10.9. The molecule has 6 heteroatoms. The molecule has 3 aliphatic carbocycles. The first-order valence-electron chi connectivity index (χ1n) is 16.0. The maximum absolute atomic E-state index is 14.3. The monoisotopic (exact) mass is 568 g/mol. The van der Waals surface area contributed by atoms with Crippen molar-refractivity contribution in [2.75, 3.05) is 13.2 Å². The van der Waals surface area contributed by atoms with Crippen molar-refractivity contribution in [2.45, 2.75) is 96.8 Å². The van der Waals surface area contributed by atoms with Crippen molar-refractivity contribution < 1.29 is 27.8 Å². The summed E-state index contributed by atoms with van der Waals surface area (Å²) in [5.41, 5.74) is 1.26. The predicted molar refractivity (Wildman–Crippen MR) is 156 cm³/mol. The Kier molecular flexibility index (Phi) is 10.2. The van der Waals surface area contributed by atoms with Crippen LogP contribution in [0.25, 0.3) is 0 Å². The molecule has 0 heterocycles. The molecule has 4 nitrogen and oxygen atoms in total. The number of rotatable bonds is 10. The largest absolute Gasteiger partial charge is 0.491 e. The molecule has 0 amide bonds. The van der Waals surface area contributed by atoms with Crippen LogP contribution in [0.3, 0.4) is 0 Å². The molecule has 3 fully saturated rings. The van der Waals surface area contributed by atoms with Gasteiger partial charge in [-0.1, -0.05) is 38.3 Å². The van der Waals surface area contributed by atoms with Gasteiger partial charge >= 0.3 is 5.97 Å². The SMILES string of the molecule is CCCC1CCC2CC(C(=O)Oc3ccc(C4CCC(COc5ccc(OCC)c(F)c5F)CC4)cc3)CCC2C1. The van der Waals surface area contributed by atoms with E-state index in [0.717, 1.165) is 50.4 Å². The molecule has 0 radical (unpaired) electrons. The zero-order valence-corrected chi connectivity index (χ0v) is 24.7. The van der Waals surface area contributed by atoms with Gasteiger partial charge in [0.15, 0.2) is 11.5 Å². The van der Waals surface area contributed by atoms with Crippen molar-refractivity contribution in [3.8, 4) is 17.2 Å². The highest BCUT2D eigenvalue weighted by atomic mass is 19.2. The summed E-state index contributed by atoms with van der Waals surface area (Å²) in [5, 5.41) is 0. The van der Waals surface area contributed by atoms with Gasteiger partial charge in [0, 0.05) is 0 Å². The van der Waals surface area contributed by atoms with Crippen molar-refractivity contribution in [3.63, 3.8) is 0 Å². The summed E-state index contributed by atoms with van der Waals surface area (Å²) < 4.78 is 45.1. The Bertz CT molecular complexity index is 1140. The van der Waals surface area contributed by atoms with Gasteiger partial charge in [0.05, 0.1) is 19.1 Å². The van der Waals surface area contributed by atoms with Crippen molar-refractivity contribution in [2.24, 2.45) is 29.6 Å². The molecule has 0 aromatic heterocycles. The van der Waals surface area contributed by atoms with E-state index in [2.05, 4.69) is 19.1 Å². The Balaban J connectivity index is 1.05. The van der Waals surface area contributed by atoms with Crippen LogP contribution in [0, 0.1) is 41.2 Å². The fourth-order valence-corrected chi connectivity index (χ4v) is 7.64. The minimum Gasteiger partial charge on any atom is -0.491 e. The Labute approximate surface area is 244 Å². The maximum Gasteiger partial charge on any atom is 0.314 e. The summed E-state index contributed by atoms with van der Waals surface area (Å²) in [6.45, 7) is 4.65. The summed E-state index contributed by atoms with van der Waals surface area (Å²) >= 11 is 0. The highest BCUT2D eigenvalue weighted by Crippen LogP contribution is 2.46. The number of benzene rings is 2. The van der Waals surface area contributed by atoms with Crippen LogP contribution in [0.15, 0.2) is 36.4 Å². The van der Waals surface area contributed by atoms with Gasteiger partial charge in [-0.25, -0.2) is 0 Å². The van der Waals surface area contributed by atoms with Crippen LogP contribution >= 0.6 is 0 Å². The third kappa shape index (κ3) is 7.42. The first-order chi connectivity index (χ1) is 19.9. The smallest absolute Gasteiger partial charge is 0.314 e. The molecule has 0 spiro atoms. The van der Waals surface area contributed by atoms with Crippen LogP contribution in [0.1, 0.15) is 102 Å². The summed E-state index contributed by atoms with van der Waals surface area (Å²) in [7, 11) is 0. The first kappa shape index (κ1) is 29.8. The van der Waals surface area contributed by atoms with E-state index in [0.29, 0.717) is 30.1 Å². The second kappa shape index (κ2) is 14.0. The normalized spacial score (nSPS) is 28.0. The lowest BCUT2D eigenvalue weighted by Gasteiger charge is -2.41. The van der Waals surface area contributed by atoms with E-state index in [4.69, 9.17) is 14.2 Å². The number of esters is 1. The second-order valence-electron chi connectivity index (χ2n) is 12.6. The molecule has 4 atom stereocenters. The van der Waals surface area contributed by atoms with E-state index < -0.39 is 11.6 Å². The zero-order chi connectivity index (χ0) is 28.8. The lowest BCUT2D eigenvalue weighted by Crippen LogP contribution is -2.35. The number of fused-ring (bicyclic) bond motifs is 1. The van der Waals surface area contributed by atoms with E-state index in [9.17, 15) is 13.6 Å². The molecular weight excluding hydrogens is 522 g/mol. The Morgan fingerprint density at radius 3 is 2.07 bits per heavy atom. The third-order valence-corrected chi connectivity index (χ3v) is 9.95. The van der Waals surface area contributed by atoms with Crippen LogP contribution in [-0.2, 0) is 4.79 Å². The van der Waals surface area contributed by atoms with Gasteiger partial charge in [-0.2, -0.15) is 8.78 Å². The number of hydrogen-bond acceptors (Lipinski definition) is 4. The quantitative estimate of drug-likeness (QED) is 0.212. The molecule has 2 aromatic carbocycles. The molecule has 0 saturated heterocycles. The van der Waals surface area contributed by atoms with Crippen LogP contribution in [0.4, 0.5) is 8.78 Å². The fraction of sp³-hybridized carbons (Fsp3) is 0.629. The third-order valence-electron chi connectivity index (χ3n) is 9.95. The number of carbonyl (C=O) groups is 1. The maximum atomic E-state index is 14.3. The average Bonchev–Trinajstić information content (AvgIpc) is 3.00. The van der Waals surface area contributed by atoms with Crippen molar-refractivity contribution in [1.29, 1.82) is 0 Å². The van der Waals surface area contributed by atoms with Gasteiger partial charge in [-0.15, -0.1) is 0 Å².